The number of anilines is 1. The van der Waals surface area contributed by atoms with Gasteiger partial charge in [0, 0.05) is 28.9 Å². The number of nitrogens with one attached hydrogen (secondary N) is 1. The second-order valence-electron chi connectivity index (χ2n) is 6.27. The molecule has 116 valence electrons. The average Bonchev–Trinajstić information content (AvgIpc) is 2.40. The SMILES string of the molecule is CC(C)(C)OC(=O)N1CCC[C@@H](Nc2ccc(I)cn2)C1. The molecule has 0 unspecified atom stereocenters. The van der Waals surface area contributed by atoms with E-state index in [9.17, 15) is 4.79 Å². The summed E-state index contributed by atoms with van der Waals surface area (Å²) in [6.45, 7) is 7.08. The minimum Gasteiger partial charge on any atom is -0.444 e. The summed E-state index contributed by atoms with van der Waals surface area (Å²) in [5.41, 5.74) is -0.449. The number of aromatic nitrogens is 1. The number of hydrogen-bond donors (Lipinski definition) is 1. The van der Waals surface area contributed by atoms with E-state index in [1.807, 2.05) is 39.1 Å². The van der Waals surface area contributed by atoms with Crippen LogP contribution in [-0.2, 0) is 4.74 Å². The Kier molecular flexibility index (Phi) is 5.29. The average molecular weight is 403 g/mol. The van der Waals surface area contributed by atoms with Crippen molar-refractivity contribution in [3.05, 3.63) is 21.9 Å². The lowest BCUT2D eigenvalue weighted by Gasteiger charge is -2.34. The summed E-state index contributed by atoms with van der Waals surface area (Å²) < 4.78 is 6.54. The van der Waals surface area contributed by atoms with Gasteiger partial charge in [0.05, 0.1) is 0 Å². The van der Waals surface area contributed by atoms with Crippen molar-refractivity contribution in [2.75, 3.05) is 18.4 Å². The van der Waals surface area contributed by atoms with E-state index in [0.717, 1.165) is 28.8 Å². The van der Waals surface area contributed by atoms with Gasteiger partial charge >= 0.3 is 6.09 Å². The van der Waals surface area contributed by atoms with Crippen molar-refractivity contribution < 1.29 is 9.53 Å². The summed E-state index contributed by atoms with van der Waals surface area (Å²) in [4.78, 5) is 18.2. The number of rotatable bonds is 2. The first kappa shape index (κ1) is 16.3. The Labute approximate surface area is 139 Å². The van der Waals surface area contributed by atoms with Crippen molar-refractivity contribution in [1.82, 2.24) is 9.88 Å². The number of pyridine rings is 1. The molecule has 1 N–H and O–H groups in total. The Hall–Kier alpha value is -1.05. The lowest BCUT2D eigenvalue weighted by Crippen LogP contribution is -2.47. The van der Waals surface area contributed by atoms with Gasteiger partial charge in [-0.15, -0.1) is 0 Å². The number of piperidine rings is 1. The molecule has 0 spiro atoms. The normalized spacial score (nSPS) is 19.2. The zero-order valence-electron chi connectivity index (χ0n) is 12.7. The fourth-order valence-corrected chi connectivity index (χ4v) is 2.58. The monoisotopic (exact) mass is 403 g/mol. The van der Waals surface area contributed by atoms with Crippen LogP contribution in [0.3, 0.4) is 0 Å². The number of likely N-dealkylation sites (tertiary alicyclic amines) is 1. The molecule has 1 aromatic rings. The third-order valence-corrected chi connectivity index (χ3v) is 3.79. The summed E-state index contributed by atoms with van der Waals surface area (Å²) >= 11 is 2.23. The molecule has 0 saturated carbocycles. The van der Waals surface area contributed by atoms with E-state index in [4.69, 9.17) is 4.74 Å². The van der Waals surface area contributed by atoms with Gasteiger partial charge in [0.15, 0.2) is 0 Å². The largest absolute Gasteiger partial charge is 0.444 e. The molecule has 1 fully saturated rings. The van der Waals surface area contributed by atoms with E-state index >= 15 is 0 Å². The molecule has 2 rings (SSSR count). The summed E-state index contributed by atoms with van der Waals surface area (Å²) in [5, 5.41) is 3.39. The summed E-state index contributed by atoms with van der Waals surface area (Å²) in [7, 11) is 0. The van der Waals surface area contributed by atoms with Crippen LogP contribution >= 0.6 is 22.6 Å². The van der Waals surface area contributed by atoms with Gasteiger partial charge in [0.25, 0.3) is 0 Å². The molecular weight excluding hydrogens is 381 g/mol. The molecular formula is C15H22IN3O2. The Morgan fingerprint density at radius 3 is 2.86 bits per heavy atom. The van der Waals surface area contributed by atoms with Gasteiger partial charge < -0.3 is 15.0 Å². The highest BCUT2D eigenvalue weighted by atomic mass is 127. The zero-order valence-corrected chi connectivity index (χ0v) is 14.9. The molecule has 0 aliphatic carbocycles. The van der Waals surface area contributed by atoms with Gasteiger partial charge in [-0.05, 0) is 68.3 Å². The van der Waals surface area contributed by atoms with Gasteiger partial charge in [0.2, 0.25) is 0 Å². The molecule has 6 heteroatoms. The van der Waals surface area contributed by atoms with Crippen LogP contribution in [0.2, 0.25) is 0 Å². The Morgan fingerprint density at radius 1 is 1.48 bits per heavy atom. The third kappa shape index (κ3) is 5.33. The van der Waals surface area contributed by atoms with Gasteiger partial charge in [-0.1, -0.05) is 0 Å². The molecule has 5 nitrogen and oxygen atoms in total. The summed E-state index contributed by atoms with van der Waals surface area (Å²) in [6, 6.07) is 4.21. The number of carbonyl (C=O) groups excluding carboxylic acids is 1. The predicted molar refractivity (Wildman–Crippen MR) is 91.4 cm³/mol. The maximum atomic E-state index is 12.1. The van der Waals surface area contributed by atoms with Crippen molar-refractivity contribution in [3.8, 4) is 0 Å². The fraction of sp³-hybridized carbons (Fsp3) is 0.600. The smallest absolute Gasteiger partial charge is 0.410 e. The van der Waals surface area contributed by atoms with E-state index < -0.39 is 5.60 Å². The molecule has 1 atom stereocenters. The molecule has 0 radical (unpaired) electrons. The van der Waals surface area contributed by atoms with Crippen molar-refractivity contribution in [1.29, 1.82) is 0 Å². The standard InChI is InChI=1S/C15H22IN3O2/c1-15(2,3)21-14(20)19-8-4-5-12(10-19)18-13-7-6-11(16)9-17-13/h6-7,9,12H,4-5,8,10H2,1-3H3,(H,17,18)/t12-/m1/s1. The van der Waals surface area contributed by atoms with Crippen LogP contribution in [0.5, 0.6) is 0 Å². The van der Waals surface area contributed by atoms with Crippen LogP contribution in [0.4, 0.5) is 10.6 Å². The maximum absolute atomic E-state index is 12.1. The highest BCUT2D eigenvalue weighted by Crippen LogP contribution is 2.18. The number of amides is 1. The first-order valence-electron chi connectivity index (χ1n) is 7.19. The summed E-state index contributed by atoms with van der Waals surface area (Å²) in [5.74, 6) is 0.853. The Morgan fingerprint density at radius 2 is 2.24 bits per heavy atom. The van der Waals surface area contributed by atoms with Crippen LogP contribution in [-0.4, -0.2) is 40.7 Å². The van der Waals surface area contributed by atoms with Crippen molar-refractivity contribution >= 4 is 34.5 Å². The van der Waals surface area contributed by atoms with Crippen LogP contribution in [0, 0.1) is 3.57 Å². The van der Waals surface area contributed by atoms with Gasteiger partial charge in [0.1, 0.15) is 11.4 Å². The first-order valence-corrected chi connectivity index (χ1v) is 8.27. The Balaban J connectivity index is 1.91. The lowest BCUT2D eigenvalue weighted by atomic mass is 10.1. The second-order valence-corrected chi connectivity index (χ2v) is 7.52. The molecule has 21 heavy (non-hydrogen) atoms. The van der Waals surface area contributed by atoms with Crippen LogP contribution in [0.1, 0.15) is 33.6 Å². The molecule has 1 aliphatic heterocycles. The van der Waals surface area contributed by atoms with Gasteiger partial charge in [-0.2, -0.15) is 0 Å². The first-order chi connectivity index (χ1) is 9.83. The fourth-order valence-electron chi connectivity index (χ4n) is 2.26. The number of ether oxygens (including phenoxy) is 1. The predicted octanol–water partition coefficient (Wildman–Crippen LogP) is 3.50. The molecule has 1 aliphatic rings. The number of halogens is 1. The number of carbonyl (C=O) groups is 1. The highest BCUT2D eigenvalue weighted by molar-refractivity contribution is 14.1. The minimum atomic E-state index is -0.449. The minimum absolute atomic E-state index is 0.221. The molecule has 1 aromatic heterocycles. The van der Waals surface area contributed by atoms with Crippen molar-refractivity contribution in [2.24, 2.45) is 0 Å². The van der Waals surface area contributed by atoms with E-state index in [-0.39, 0.29) is 12.1 Å². The molecule has 1 amide bonds. The van der Waals surface area contributed by atoms with Gasteiger partial charge in [-0.3, -0.25) is 0 Å². The van der Waals surface area contributed by atoms with Crippen LogP contribution in [0.15, 0.2) is 18.3 Å². The third-order valence-electron chi connectivity index (χ3n) is 3.15. The molecule has 0 aromatic carbocycles. The van der Waals surface area contributed by atoms with Crippen LogP contribution < -0.4 is 5.32 Å². The second kappa shape index (κ2) is 6.81. The lowest BCUT2D eigenvalue weighted by molar-refractivity contribution is 0.0206. The van der Waals surface area contributed by atoms with Crippen molar-refractivity contribution in [3.63, 3.8) is 0 Å². The molecule has 0 bridgehead atoms. The number of nitrogens with zero attached hydrogens (tertiary/aromatic N) is 2. The quantitative estimate of drug-likeness (QED) is 0.769. The van der Waals surface area contributed by atoms with E-state index in [0.29, 0.717) is 6.54 Å². The highest BCUT2D eigenvalue weighted by Gasteiger charge is 2.27. The maximum Gasteiger partial charge on any atom is 0.410 e. The Bertz CT molecular complexity index is 485. The van der Waals surface area contributed by atoms with Crippen LogP contribution in [0.25, 0.3) is 0 Å². The van der Waals surface area contributed by atoms with E-state index in [1.165, 1.54) is 0 Å². The number of hydrogen-bond acceptors (Lipinski definition) is 4. The molecule has 2 heterocycles. The zero-order chi connectivity index (χ0) is 15.5. The molecule has 1 saturated heterocycles. The van der Waals surface area contributed by atoms with Crippen molar-refractivity contribution in [2.45, 2.75) is 45.3 Å². The van der Waals surface area contributed by atoms with Gasteiger partial charge in [-0.25, -0.2) is 9.78 Å². The summed E-state index contributed by atoms with van der Waals surface area (Å²) in [6.07, 6.45) is 3.61. The topological polar surface area (TPSA) is 54.5 Å². The van der Waals surface area contributed by atoms with E-state index in [2.05, 4.69) is 32.9 Å². The van der Waals surface area contributed by atoms with E-state index in [1.54, 1.807) is 4.90 Å².